The van der Waals surface area contributed by atoms with Gasteiger partial charge in [-0.05, 0) is 86.0 Å². The van der Waals surface area contributed by atoms with Gasteiger partial charge in [0.1, 0.15) is 0 Å². The smallest absolute Gasteiger partial charge is 0.0716 e. The second-order valence-corrected chi connectivity index (χ2v) is 8.24. The van der Waals surface area contributed by atoms with Gasteiger partial charge < -0.3 is 4.74 Å². The molecule has 1 aliphatic rings. The van der Waals surface area contributed by atoms with Crippen molar-refractivity contribution in [2.24, 2.45) is 5.92 Å². The van der Waals surface area contributed by atoms with E-state index in [9.17, 15) is 0 Å². The van der Waals surface area contributed by atoms with Crippen LogP contribution >= 0.6 is 0 Å². The molecule has 0 amide bonds. The molecule has 0 bridgehead atoms. The van der Waals surface area contributed by atoms with Crippen LogP contribution in [0, 0.1) is 5.92 Å². The van der Waals surface area contributed by atoms with Crippen molar-refractivity contribution in [3.63, 3.8) is 0 Å². The molecule has 0 heterocycles. The molecule has 0 unspecified atom stereocenters. The Bertz CT molecular complexity index is 703. The Morgan fingerprint density at radius 3 is 2.14 bits per heavy atom. The van der Waals surface area contributed by atoms with Gasteiger partial charge in [0.2, 0.25) is 0 Å². The molecule has 1 fully saturated rings. The standard InChI is InChI=1S/C27H36O/c1-3-5-6-7-22-8-12-24(13-9-22)26-16-18-27(19-17-26)25-14-10-23(11-15-25)21-28-20-4-2/h3,5,10-11,14-19,22,24H,4,6-9,12-13,20-21H2,1-2H3. The predicted molar refractivity (Wildman–Crippen MR) is 121 cm³/mol. The van der Waals surface area contributed by atoms with Gasteiger partial charge in [0.15, 0.2) is 0 Å². The maximum absolute atomic E-state index is 5.63. The van der Waals surface area contributed by atoms with Crippen LogP contribution in [0.4, 0.5) is 0 Å². The van der Waals surface area contributed by atoms with Crippen molar-refractivity contribution in [1.29, 1.82) is 0 Å². The first-order valence-electron chi connectivity index (χ1n) is 11.2. The van der Waals surface area contributed by atoms with Crippen LogP contribution in [0.1, 0.15) is 75.8 Å². The van der Waals surface area contributed by atoms with Gasteiger partial charge in [-0.3, -0.25) is 0 Å². The molecule has 150 valence electrons. The van der Waals surface area contributed by atoms with Crippen LogP contribution in [0.15, 0.2) is 60.7 Å². The largest absolute Gasteiger partial charge is 0.377 e. The number of benzene rings is 2. The maximum atomic E-state index is 5.63. The summed E-state index contributed by atoms with van der Waals surface area (Å²) in [6.45, 7) is 5.81. The third-order valence-electron chi connectivity index (χ3n) is 6.11. The van der Waals surface area contributed by atoms with Gasteiger partial charge in [0.25, 0.3) is 0 Å². The van der Waals surface area contributed by atoms with Crippen molar-refractivity contribution < 1.29 is 4.74 Å². The summed E-state index contributed by atoms with van der Waals surface area (Å²) in [7, 11) is 0. The van der Waals surface area contributed by atoms with Gasteiger partial charge in [0, 0.05) is 6.61 Å². The molecule has 0 radical (unpaired) electrons. The fourth-order valence-electron chi connectivity index (χ4n) is 4.36. The van der Waals surface area contributed by atoms with Crippen molar-refractivity contribution in [3.05, 3.63) is 71.8 Å². The first-order chi connectivity index (χ1) is 13.8. The summed E-state index contributed by atoms with van der Waals surface area (Å²) in [5, 5.41) is 0. The molecule has 0 N–H and O–H groups in total. The van der Waals surface area contributed by atoms with Crippen LogP contribution in [0.25, 0.3) is 11.1 Å². The van der Waals surface area contributed by atoms with E-state index in [1.165, 1.54) is 60.8 Å². The van der Waals surface area contributed by atoms with Gasteiger partial charge in [-0.15, -0.1) is 0 Å². The van der Waals surface area contributed by atoms with Crippen molar-refractivity contribution in [2.75, 3.05) is 6.61 Å². The lowest BCUT2D eigenvalue weighted by Crippen LogP contribution is -2.13. The zero-order valence-electron chi connectivity index (χ0n) is 17.7. The number of ether oxygens (including phenoxy) is 1. The number of hydrogen-bond acceptors (Lipinski definition) is 1. The third-order valence-corrected chi connectivity index (χ3v) is 6.11. The minimum Gasteiger partial charge on any atom is -0.377 e. The Morgan fingerprint density at radius 1 is 0.893 bits per heavy atom. The molecule has 2 aromatic rings. The minimum atomic E-state index is 0.713. The van der Waals surface area contributed by atoms with Crippen molar-refractivity contribution in [2.45, 2.75) is 71.3 Å². The lowest BCUT2D eigenvalue weighted by atomic mass is 9.77. The van der Waals surface area contributed by atoms with E-state index in [0.717, 1.165) is 24.9 Å². The maximum Gasteiger partial charge on any atom is 0.0716 e. The summed E-state index contributed by atoms with van der Waals surface area (Å²) in [4.78, 5) is 0. The molecule has 3 rings (SSSR count). The molecule has 0 aliphatic heterocycles. The highest BCUT2D eigenvalue weighted by Gasteiger charge is 2.21. The van der Waals surface area contributed by atoms with Crippen molar-refractivity contribution >= 4 is 0 Å². The number of allylic oxidation sites excluding steroid dienone is 2. The normalized spacial score (nSPS) is 19.9. The van der Waals surface area contributed by atoms with E-state index in [-0.39, 0.29) is 0 Å². The predicted octanol–water partition coefficient (Wildman–Crippen LogP) is 7.91. The summed E-state index contributed by atoms with van der Waals surface area (Å²) in [5.74, 6) is 1.69. The first kappa shape index (κ1) is 20.9. The second-order valence-electron chi connectivity index (χ2n) is 8.24. The molecule has 28 heavy (non-hydrogen) atoms. The van der Waals surface area contributed by atoms with Gasteiger partial charge in [0.05, 0.1) is 6.61 Å². The lowest BCUT2D eigenvalue weighted by molar-refractivity contribution is 0.121. The summed E-state index contributed by atoms with van der Waals surface area (Å²) >= 11 is 0. The molecule has 0 atom stereocenters. The fourth-order valence-corrected chi connectivity index (χ4v) is 4.36. The highest BCUT2D eigenvalue weighted by Crippen LogP contribution is 2.38. The van der Waals surface area contributed by atoms with Crippen LogP contribution in [-0.4, -0.2) is 6.61 Å². The van der Waals surface area contributed by atoms with Crippen LogP contribution < -0.4 is 0 Å². The average molecular weight is 377 g/mol. The van der Waals surface area contributed by atoms with Crippen LogP contribution in [0.3, 0.4) is 0 Å². The highest BCUT2D eigenvalue weighted by molar-refractivity contribution is 5.64. The number of hydrogen-bond donors (Lipinski definition) is 0. The number of rotatable bonds is 9. The lowest BCUT2D eigenvalue weighted by Gasteiger charge is -2.28. The van der Waals surface area contributed by atoms with Crippen LogP contribution in [-0.2, 0) is 11.3 Å². The monoisotopic (exact) mass is 376 g/mol. The summed E-state index contributed by atoms with van der Waals surface area (Å²) in [6, 6.07) is 18.1. The van der Waals surface area contributed by atoms with Gasteiger partial charge >= 0.3 is 0 Å². The van der Waals surface area contributed by atoms with Crippen LogP contribution in [0.2, 0.25) is 0 Å². The highest BCUT2D eigenvalue weighted by atomic mass is 16.5. The van der Waals surface area contributed by atoms with Gasteiger partial charge in [-0.25, -0.2) is 0 Å². The van der Waals surface area contributed by atoms with E-state index in [0.29, 0.717) is 6.61 Å². The third kappa shape index (κ3) is 6.07. The van der Waals surface area contributed by atoms with E-state index in [2.05, 4.69) is 74.5 Å². The quantitative estimate of drug-likeness (QED) is 0.319. The van der Waals surface area contributed by atoms with E-state index in [1.807, 2.05) is 0 Å². The molecule has 0 aromatic heterocycles. The topological polar surface area (TPSA) is 9.23 Å². The summed E-state index contributed by atoms with van der Waals surface area (Å²) < 4.78 is 5.63. The van der Waals surface area contributed by atoms with Crippen molar-refractivity contribution in [3.8, 4) is 11.1 Å². The Kier molecular flexibility index (Phi) is 8.36. The average Bonchev–Trinajstić information content (AvgIpc) is 2.75. The summed E-state index contributed by atoms with van der Waals surface area (Å²) in [6.07, 6.45) is 13.7. The zero-order valence-corrected chi connectivity index (χ0v) is 17.7. The first-order valence-corrected chi connectivity index (χ1v) is 11.2. The second kappa shape index (κ2) is 11.2. The SMILES string of the molecule is CC=CCCC1CCC(c2ccc(-c3ccc(COCCC)cc3)cc2)CC1. The van der Waals surface area contributed by atoms with Gasteiger partial charge in [-0.1, -0.05) is 67.6 Å². The summed E-state index contributed by atoms with van der Waals surface area (Å²) in [5.41, 5.74) is 5.38. The Balaban J connectivity index is 1.52. The van der Waals surface area contributed by atoms with E-state index >= 15 is 0 Å². The molecule has 1 saturated carbocycles. The van der Waals surface area contributed by atoms with Gasteiger partial charge in [-0.2, -0.15) is 0 Å². The molecule has 1 nitrogen and oxygen atoms in total. The van der Waals surface area contributed by atoms with Crippen LogP contribution in [0.5, 0.6) is 0 Å². The van der Waals surface area contributed by atoms with Crippen molar-refractivity contribution in [1.82, 2.24) is 0 Å². The van der Waals surface area contributed by atoms with E-state index < -0.39 is 0 Å². The molecule has 1 aliphatic carbocycles. The Hall–Kier alpha value is -1.86. The molecular formula is C27H36O. The minimum absolute atomic E-state index is 0.713. The van der Waals surface area contributed by atoms with E-state index in [1.54, 1.807) is 0 Å². The molecule has 1 heteroatoms. The molecule has 2 aromatic carbocycles. The Morgan fingerprint density at radius 2 is 1.54 bits per heavy atom. The molecule has 0 spiro atoms. The zero-order chi connectivity index (χ0) is 19.6. The Labute approximate surface area is 171 Å². The fraction of sp³-hybridized carbons (Fsp3) is 0.481. The molecular weight excluding hydrogens is 340 g/mol. The van der Waals surface area contributed by atoms with E-state index in [4.69, 9.17) is 4.74 Å². The molecule has 0 saturated heterocycles.